The number of ether oxygens (including phenoxy) is 3. The number of fused-ring (bicyclic) bond motifs is 9. The number of hydrogen-bond donors (Lipinski definition) is 2. The molecule has 2 aromatic rings. The van der Waals surface area contributed by atoms with Crippen LogP contribution < -0.4 is 9.47 Å². The fourth-order valence-electron chi connectivity index (χ4n) is 7.32. The van der Waals surface area contributed by atoms with Crippen molar-refractivity contribution >= 4 is 5.97 Å². The molecule has 2 N–H and O–H groups in total. The Bertz CT molecular complexity index is 1420. The van der Waals surface area contributed by atoms with Gasteiger partial charge in [0, 0.05) is 40.8 Å². The molecule has 0 aromatic heterocycles. The molecule has 0 spiro atoms. The number of carbonyl (C=O) groups excluding carboxylic acids is 1. The Morgan fingerprint density at radius 2 is 1.85 bits per heavy atom. The average Bonchev–Trinajstić information content (AvgIpc) is 3.40. The smallest absolute Gasteiger partial charge is 0.305 e. The number of benzene rings is 2. The molecule has 0 aliphatic carbocycles. The minimum absolute atomic E-state index is 0.0216. The largest absolute Gasteiger partial charge is 0.507 e. The van der Waals surface area contributed by atoms with Crippen LogP contribution in [0.15, 0.2) is 6.07 Å². The number of likely N-dealkylation sites (N-methyl/N-ethyl adjacent to an activating group) is 1. The van der Waals surface area contributed by atoms with Crippen molar-refractivity contribution in [2.45, 2.75) is 83.6 Å². The normalized spacial score (nSPS) is 26.8. The van der Waals surface area contributed by atoms with Crippen molar-refractivity contribution < 1.29 is 29.2 Å². The third-order valence-corrected chi connectivity index (χ3v) is 9.32. The molecule has 9 heteroatoms. The third-order valence-electron chi connectivity index (χ3n) is 9.32. The first-order chi connectivity index (χ1) is 18.7. The quantitative estimate of drug-likeness (QED) is 0.565. The van der Waals surface area contributed by atoms with Crippen LogP contribution in [0.25, 0.3) is 0 Å². The summed E-state index contributed by atoms with van der Waals surface area (Å²) in [6.45, 7) is 7.71. The van der Waals surface area contributed by atoms with Crippen molar-refractivity contribution in [3.05, 3.63) is 45.0 Å². The number of phenolic OH excluding ortho intramolecular Hbond substituents is 2. The minimum Gasteiger partial charge on any atom is -0.507 e. The lowest BCUT2D eigenvalue weighted by molar-refractivity contribution is -0.149. The Morgan fingerprint density at radius 1 is 1.10 bits per heavy atom. The van der Waals surface area contributed by atoms with E-state index in [4.69, 9.17) is 14.2 Å². The van der Waals surface area contributed by atoms with Crippen LogP contribution in [0.3, 0.4) is 0 Å². The van der Waals surface area contributed by atoms with Gasteiger partial charge in [0.25, 0.3) is 0 Å². The van der Waals surface area contributed by atoms with Gasteiger partial charge in [0.2, 0.25) is 6.79 Å². The number of carbonyl (C=O) groups is 1. The number of esters is 1. The van der Waals surface area contributed by atoms with Gasteiger partial charge in [0.15, 0.2) is 11.5 Å². The molecule has 39 heavy (non-hydrogen) atoms. The first kappa shape index (κ1) is 25.8. The molecule has 0 amide bonds. The van der Waals surface area contributed by atoms with E-state index >= 15 is 0 Å². The van der Waals surface area contributed by atoms with E-state index in [1.165, 1.54) is 0 Å². The number of phenols is 2. The molecule has 0 radical (unpaired) electrons. The Morgan fingerprint density at radius 3 is 2.56 bits per heavy atom. The first-order valence-electron chi connectivity index (χ1n) is 13.7. The van der Waals surface area contributed by atoms with E-state index in [-0.39, 0.29) is 43.2 Å². The molecule has 4 aliphatic heterocycles. The van der Waals surface area contributed by atoms with Crippen molar-refractivity contribution in [1.82, 2.24) is 9.80 Å². The van der Waals surface area contributed by atoms with E-state index in [0.29, 0.717) is 54.1 Å². The number of piperazine rings is 1. The summed E-state index contributed by atoms with van der Waals surface area (Å²) in [5.41, 5.74) is 5.85. The van der Waals surface area contributed by atoms with E-state index in [2.05, 4.69) is 21.9 Å². The monoisotopic (exact) mass is 533 g/mol. The Balaban J connectivity index is 1.57. The summed E-state index contributed by atoms with van der Waals surface area (Å²) < 4.78 is 17.5. The molecule has 6 rings (SSSR count). The summed E-state index contributed by atoms with van der Waals surface area (Å²) in [5, 5.41) is 33.5. The topological polar surface area (TPSA) is 115 Å². The average molecular weight is 534 g/mol. The van der Waals surface area contributed by atoms with Crippen molar-refractivity contribution in [2.24, 2.45) is 0 Å². The maximum Gasteiger partial charge on any atom is 0.305 e. The molecule has 4 heterocycles. The van der Waals surface area contributed by atoms with Crippen LogP contribution in [-0.4, -0.2) is 64.6 Å². The molecule has 2 aromatic carbocycles. The lowest BCUT2D eigenvalue weighted by atomic mass is 9.71. The molecule has 9 nitrogen and oxygen atoms in total. The lowest BCUT2D eigenvalue weighted by Gasteiger charge is -2.59. The second kappa shape index (κ2) is 9.32. The van der Waals surface area contributed by atoms with Gasteiger partial charge in [-0.25, -0.2) is 0 Å². The van der Waals surface area contributed by atoms with E-state index < -0.39 is 12.1 Å². The molecule has 0 saturated carbocycles. The van der Waals surface area contributed by atoms with E-state index in [0.717, 1.165) is 27.8 Å². The number of nitriles is 1. The number of aryl methyl sites for hydroxylation is 1. The Hall–Kier alpha value is -3.48. The number of aromatic hydroxyl groups is 2. The van der Waals surface area contributed by atoms with Crippen molar-refractivity contribution in [2.75, 3.05) is 20.4 Å². The second-order valence-corrected chi connectivity index (χ2v) is 11.3. The van der Waals surface area contributed by atoms with E-state index in [9.17, 15) is 20.3 Å². The van der Waals surface area contributed by atoms with Gasteiger partial charge in [-0.05, 0) is 63.8 Å². The summed E-state index contributed by atoms with van der Waals surface area (Å²) in [4.78, 5) is 16.9. The van der Waals surface area contributed by atoms with Gasteiger partial charge in [-0.2, -0.15) is 5.26 Å². The van der Waals surface area contributed by atoms with Crippen LogP contribution in [-0.2, 0) is 22.4 Å². The van der Waals surface area contributed by atoms with Crippen LogP contribution in [0, 0.1) is 32.1 Å². The third kappa shape index (κ3) is 3.61. The summed E-state index contributed by atoms with van der Waals surface area (Å²) >= 11 is 0. The lowest BCUT2D eigenvalue weighted by Crippen LogP contribution is -2.68. The molecule has 1 unspecified atom stereocenters. The van der Waals surface area contributed by atoms with Crippen LogP contribution in [0.5, 0.6) is 23.0 Å². The van der Waals surface area contributed by atoms with Gasteiger partial charge >= 0.3 is 5.97 Å². The highest BCUT2D eigenvalue weighted by Gasteiger charge is 2.56. The zero-order chi connectivity index (χ0) is 27.7. The van der Waals surface area contributed by atoms with E-state index in [1.807, 2.05) is 27.8 Å². The summed E-state index contributed by atoms with van der Waals surface area (Å²) in [7, 11) is 2.02. The van der Waals surface area contributed by atoms with Gasteiger partial charge in [-0.15, -0.1) is 0 Å². The highest BCUT2D eigenvalue weighted by Crippen LogP contribution is 2.57. The van der Waals surface area contributed by atoms with Crippen LogP contribution in [0.1, 0.15) is 70.8 Å². The Labute approximate surface area is 228 Å². The van der Waals surface area contributed by atoms with E-state index in [1.54, 1.807) is 6.92 Å². The first-order valence-corrected chi connectivity index (χ1v) is 13.7. The number of rotatable bonds is 4. The zero-order valence-corrected chi connectivity index (χ0v) is 23.1. The summed E-state index contributed by atoms with van der Waals surface area (Å²) in [6.07, 6.45) is 2.02. The molecule has 5 atom stereocenters. The fraction of sp³-hybridized carbons (Fsp3) is 0.533. The fourth-order valence-corrected chi connectivity index (χ4v) is 7.32. The number of nitrogens with zero attached hydrogens (tertiary/aromatic N) is 3. The molecule has 1 saturated heterocycles. The Kier molecular flexibility index (Phi) is 6.16. The van der Waals surface area contributed by atoms with Crippen LogP contribution in [0.4, 0.5) is 0 Å². The number of hydrogen-bond acceptors (Lipinski definition) is 9. The van der Waals surface area contributed by atoms with Crippen molar-refractivity contribution in [1.29, 1.82) is 5.26 Å². The van der Waals surface area contributed by atoms with Gasteiger partial charge in [-0.3, -0.25) is 14.6 Å². The van der Waals surface area contributed by atoms with Crippen molar-refractivity contribution in [3.8, 4) is 29.1 Å². The van der Waals surface area contributed by atoms with Crippen molar-refractivity contribution in [3.63, 3.8) is 0 Å². The molecular formula is C30H35N3O6. The minimum atomic E-state index is -0.528. The molecule has 4 aliphatic rings. The predicted octanol–water partition coefficient (Wildman–Crippen LogP) is 3.87. The molecule has 2 bridgehead atoms. The summed E-state index contributed by atoms with van der Waals surface area (Å²) in [6, 6.07) is 3.04. The molecule has 206 valence electrons. The molecular weight excluding hydrogens is 498 g/mol. The summed E-state index contributed by atoms with van der Waals surface area (Å²) in [5.74, 6) is 1.16. The highest BCUT2D eigenvalue weighted by molar-refractivity contribution is 5.70. The van der Waals surface area contributed by atoms with Gasteiger partial charge in [-0.1, -0.05) is 13.0 Å². The standard InChI is InChI=1S/C30H35N3O6/c1-6-7-23(34)37-12-22-25-18(27(35)16(4)29-30(25)39-13-38-29)10-20-26-24-17(8-14(2)15(3)28(24)36)9-19(32(26)5)21(11-31)33(20)22/h8,19-22,26,35-36H,6-7,9-10,12-13H2,1-5H3/t19-,20?,21-,22-,26-/m0/s1. The maximum atomic E-state index is 12.5. The molecule has 1 fully saturated rings. The van der Waals surface area contributed by atoms with Crippen LogP contribution >= 0.6 is 0 Å². The van der Waals surface area contributed by atoms with Gasteiger partial charge in [0.05, 0.1) is 18.2 Å². The maximum absolute atomic E-state index is 12.5. The van der Waals surface area contributed by atoms with Crippen LogP contribution in [0.2, 0.25) is 0 Å². The zero-order valence-electron chi connectivity index (χ0n) is 23.1. The van der Waals surface area contributed by atoms with Gasteiger partial charge in [0.1, 0.15) is 24.1 Å². The SMILES string of the molecule is CCCC(=O)OC[C@H]1c2c(c(O)c(C)c3c2OCO3)CC2[C@H]3c4c(cc(C)c(C)c4O)C[C@@H]([C@H](C#N)N21)N3C. The highest BCUT2D eigenvalue weighted by atomic mass is 16.7. The van der Waals surface area contributed by atoms with Gasteiger partial charge < -0.3 is 24.4 Å². The predicted molar refractivity (Wildman–Crippen MR) is 142 cm³/mol. The second-order valence-electron chi connectivity index (χ2n) is 11.3.